The van der Waals surface area contributed by atoms with Gasteiger partial charge in [-0.25, -0.2) is 0 Å². The molecule has 0 radical (unpaired) electrons. The SMILES string of the molecule is COc1cc2c(cc1OC)[C@@]13CCC(=O)[C@H]4[C@@H](C(=O)N1C[C@@H]2OC)[C@H]43. The molecule has 0 N–H and O–H groups in total. The van der Waals surface area contributed by atoms with Crippen LogP contribution in [0, 0.1) is 17.8 Å². The van der Waals surface area contributed by atoms with Gasteiger partial charge in [0.2, 0.25) is 5.91 Å². The summed E-state index contributed by atoms with van der Waals surface area (Å²) in [6.45, 7) is 0.533. The lowest BCUT2D eigenvalue weighted by atomic mass is 9.70. The summed E-state index contributed by atoms with van der Waals surface area (Å²) in [6, 6.07) is 3.97. The van der Waals surface area contributed by atoms with E-state index in [1.165, 1.54) is 0 Å². The van der Waals surface area contributed by atoms with E-state index in [-0.39, 0.29) is 41.1 Å². The molecule has 3 fully saturated rings. The van der Waals surface area contributed by atoms with E-state index >= 15 is 0 Å². The monoisotopic (exact) mass is 343 g/mol. The van der Waals surface area contributed by atoms with Gasteiger partial charge >= 0.3 is 0 Å². The largest absolute Gasteiger partial charge is 0.493 e. The highest BCUT2D eigenvalue weighted by Crippen LogP contribution is 2.71. The smallest absolute Gasteiger partial charge is 0.227 e. The molecule has 5 rings (SSSR count). The first kappa shape index (κ1) is 15.2. The molecule has 0 bridgehead atoms. The first-order valence-electron chi connectivity index (χ1n) is 8.72. The molecule has 25 heavy (non-hydrogen) atoms. The van der Waals surface area contributed by atoms with Crippen molar-refractivity contribution in [1.82, 2.24) is 4.90 Å². The highest BCUT2D eigenvalue weighted by molar-refractivity contribution is 6.00. The number of Topliss-reactive ketones (excluding diaryl/α,β-unsaturated/α-hetero) is 1. The topological polar surface area (TPSA) is 65.1 Å². The van der Waals surface area contributed by atoms with E-state index in [9.17, 15) is 9.59 Å². The van der Waals surface area contributed by atoms with Crippen molar-refractivity contribution in [2.45, 2.75) is 24.5 Å². The molecule has 6 heteroatoms. The Morgan fingerprint density at radius 3 is 2.48 bits per heavy atom. The van der Waals surface area contributed by atoms with E-state index in [0.717, 1.165) is 11.1 Å². The first-order chi connectivity index (χ1) is 12.1. The summed E-state index contributed by atoms with van der Waals surface area (Å²) in [5.41, 5.74) is 1.73. The number of benzene rings is 1. The van der Waals surface area contributed by atoms with Gasteiger partial charge in [0, 0.05) is 25.4 Å². The van der Waals surface area contributed by atoms with Gasteiger partial charge in [0.15, 0.2) is 11.5 Å². The minimum Gasteiger partial charge on any atom is -0.493 e. The van der Waals surface area contributed by atoms with Gasteiger partial charge in [-0.15, -0.1) is 0 Å². The third kappa shape index (κ3) is 1.59. The molecule has 2 heterocycles. The fourth-order valence-electron chi connectivity index (χ4n) is 5.67. The number of rotatable bonds is 3. The number of ketones is 1. The van der Waals surface area contributed by atoms with Gasteiger partial charge in [-0.2, -0.15) is 0 Å². The number of piperidine rings is 1. The second-order valence-electron chi connectivity index (χ2n) is 7.44. The van der Waals surface area contributed by atoms with Gasteiger partial charge in [-0.05, 0) is 29.7 Å². The fraction of sp³-hybridized carbons (Fsp3) is 0.579. The molecule has 1 spiro atoms. The minimum atomic E-state index is -0.385. The summed E-state index contributed by atoms with van der Waals surface area (Å²) < 4.78 is 16.7. The second kappa shape index (κ2) is 4.75. The molecule has 1 aromatic rings. The maximum atomic E-state index is 12.9. The number of ether oxygens (including phenoxy) is 3. The number of methoxy groups -OCH3 is 3. The van der Waals surface area contributed by atoms with Crippen molar-refractivity contribution in [2.75, 3.05) is 27.9 Å². The predicted molar refractivity (Wildman–Crippen MR) is 87.4 cm³/mol. The summed E-state index contributed by atoms with van der Waals surface area (Å²) in [4.78, 5) is 27.2. The lowest BCUT2D eigenvalue weighted by molar-refractivity contribution is -0.146. The summed E-state index contributed by atoms with van der Waals surface area (Å²) in [5, 5.41) is 0. The highest BCUT2D eigenvalue weighted by atomic mass is 16.5. The quantitative estimate of drug-likeness (QED) is 0.835. The summed E-state index contributed by atoms with van der Waals surface area (Å²) >= 11 is 0. The van der Waals surface area contributed by atoms with Crippen molar-refractivity contribution < 1.29 is 23.8 Å². The predicted octanol–water partition coefficient (Wildman–Crippen LogP) is 1.67. The third-order valence-electron chi connectivity index (χ3n) is 6.73. The molecule has 0 aromatic heterocycles. The first-order valence-corrected chi connectivity index (χ1v) is 8.72. The number of nitrogens with zero attached hydrogens (tertiary/aromatic N) is 1. The van der Waals surface area contributed by atoms with Crippen LogP contribution < -0.4 is 9.47 Å². The van der Waals surface area contributed by atoms with E-state index in [1.807, 2.05) is 17.0 Å². The Bertz CT molecular complexity index is 805. The molecule has 5 atom stereocenters. The van der Waals surface area contributed by atoms with Gasteiger partial charge in [0.1, 0.15) is 11.9 Å². The van der Waals surface area contributed by atoms with Crippen LogP contribution >= 0.6 is 0 Å². The highest BCUT2D eigenvalue weighted by Gasteiger charge is 2.78. The Morgan fingerprint density at radius 2 is 1.80 bits per heavy atom. The number of hydrogen-bond donors (Lipinski definition) is 0. The van der Waals surface area contributed by atoms with Gasteiger partial charge in [0.05, 0.1) is 32.2 Å². The van der Waals surface area contributed by atoms with Gasteiger partial charge in [-0.3, -0.25) is 9.59 Å². The van der Waals surface area contributed by atoms with Crippen LogP contribution in [-0.4, -0.2) is 44.5 Å². The standard InChI is InChI=1S/C19H21NO5/c1-23-12-6-9-10(7-13(12)24-2)19-5-4-11(21)15-16(17(15)19)18(22)20(19)8-14(9)25-3/h6-7,14-17H,4-5,8H2,1-3H3/t14-,15-,16+,17-,19+/m0/s1. The Hall–Kier alpha value is -2.08. The molecule has 1 aromatic carbocycles. The van der Waals surface area contributed by atoms with Crippen LogP contribution in [0.3, 0.4) is 0 Å². The number of fused-ring (bicyclic) bond motifs is 2. The van der Waals surface area contributed by atoms with Crippen LogP contribution in [0.5, 0.6) is 11.5 Å². The average molecular weight is 343 g/mol. The summed E-state index contributed by atoms with van der Waals surface area (Å²) in [7, 11) is 4.89. The van der Waals surface area contributed by atoms with Crippen LogP contribution in [0.2, 0.25) is 0 Å². The Morgan fingerprint density at radius 1 is 1.08 bits per heavy atom. The van der Waals surface area contributed by atoms with Crippen molar-refractivity contribution in [3.05, 3.63) is 23.3 Å². The minimum absolute atomic E-state index is 0.0856. The average Bonchev–Trinajstić information content (AvgIpc) is 3.34. The Labute approximate surface area is 146 Å². The zero-order valence-corrected chi connectivity index (χ0v) is 14.6. The summed E-state index contributed by atoms with van der Waals surface area (Å²) in [6.07, 6.45) is 1.03. The van der Waals surface area contributed by atoms with Crippen LogP contribution in [-0.2, 0) is 19.9 Å². The van der Waals surface area contributed by atoms with Crippen LogP contribution in [0.1, 0.15) is 30.1 Å². The van der Waals surface area contributed by atoms with Crippen LogP contribution in [0.25, 0.3) is 0 Å². The van der Waals surface area contributed by atoms with Crippen LogP contribution in [0.4, 0.5) is 0 Å². The maximum absolute atomic E-state index is 12.9. The van der Waals surface area contributed by atoms with Crippen molar-refractivity contribution in [3.8, 4) is 11.5 Å². The summed E-state index contributed by atoms with van der Waals surface area (Å²) in [5.74, 6) is 1.57. The molecule has 2 aliphatic carbocycles. The molecule has 4 aliphatic rings. The van der Waals surface area contributed by atoms with Crippen molar-refractivity contribution in [3.63, 3.8) is 0 Å². The number of carbonyl (C=O) groups is 2. The Balaban J connectivity index is 1.75. The lowest BCUT2D eigenvalue weighted by Gasteiger charge is -2.50. The maximum Gasteiger partial charge on any atom is 0.227 e. The molecule has 2 aliphatic heterocycles. The zero-order chi connectivity index (χ0) is 17.5. The molecule has 2 saturated carbocycles. The molecule has 132 valence electrons. The van der Waals surface area contributed by atoms with E-state index in [2.05, 4.69) is 0 Å². The zero-order valence-electron chi connectivity index (χ0n) is 14.6. The van der Waals surface area contributed by atoms with E-state index in [1.54, 1.807) is 21.3 Å². The molecular weight excluding hydrogens is 322 g/mol. The van der Waals surface area contributed by atoms with Crippen molar-refractivity contribution >= 4 is 11.7 Å². The molecule has 1 amide bonds. The number of carbonyl (C=O) groups excluding carboxylic acids is 2. The van der Waals surface area contributed by atoms with Crippen molar-refractivity contribution in [1.29, 1.82) is 0 Å². The van der Waals surface area contributed by atoms with Crippen LogP contribution in [0.15, 0.2) is 12.1 Å². The Kier molecular flexibility index (Phi) is 2.89. The lowest BCUT2D eigenvalue weighted by Crippen LogP contribution is -2.55. The second-order valence-corrected chi connectivity index (χ2v) is 7.44. The van der Waals surface area contributed by atoms with E-state index in [0.29, 0.717) is 30.9 Å². The van der Waals surface area contributed by atoms with Gasteiger partial charge in [0.25, 0.3) is 0 Å². The van der Waals surface area contributed by atoms with Crippen molar-refractivity contribution in [2.24, 2.45) is 17.8 Å². The fourth-order valence-corrected chi connectivity index (χ4v) is 5.67. The van der Waals surface area contributed by atoms with E-state index < -0.39 is 0 Å². The normalized spacial score (nSPS) is 37.3. The third-order valence-corrected chi connectivity index (χ3v) is 6.73. The molecule has 0 unspecified atom stereocenters. The van der Waals surface area contributed by atoms with E-state index in [4.69, 9.17) is 14.2 Å². The molecular formula is C19H21NO5. The molecule has 1 saturated heterocycles. The van der Waals surface area contributed by atoms with Gasteiger partial charge in [-0.1, -0.05) is 0 Å². The van der Waals surface area contributed by atoms with Gasteiger partial charge < -0.3 is 19.1 Å². The number of amides is 1. The molecule has 6 nitrogen and oxygen atoms in total. The number of hydrogen-bond acceptors (Lipinski definition) is 5.